The Balaban J connectivity index is 2.35. The van der Waals surface area contributed by atoms with Gasteiger partial charge in [-0.2, -0.15) is 0 Å². The van der Waals surface area contributed by atoms with Gasteiger partial charge in [-0.05, 0) is 30.2 Å². The van der Waals surface area contributed by atoms with Crippen LogP contribution in [0.4, 0.5) is 0 Å². The van der Waals surface area contributed by atoms with Gasteiger partial charge in [0.15, 0.2) is 0 Å². The second-order valence-corrected chi connectivity index (χ2v) is 6.48. The van der Waals surface area contributed by atoms with Crippen LogP contribution in [0.1, 0.15) is 37.9 Å². The normalized spacial score (nSPS) is 21.4. The van der Waals surface area contributed by atoms with Crippen LogP contribution in [0, 0.1) is 0 Å². The molecule has 1 N–H and O–H groups in total. The zero-order chi connectivity index (χ0) is 14.0. The lowest BCUT2D eigenvalue weighted by atomic mass is 9.85. The van der Waals surface area contributed by atoms with E-state index < -0.39 is 0 Å². The van der Waals surface area contributed by atoms with Crippen LogP contribution in [0.15, 0.2) is 18.2 Å². The smallest absolute Gasteiger partial charge is 0.123 e. The first kappa shape index (κ1) is 14.4. The Morgan fingerprint density at radius 3 is 2.63 bits per heavy atom. The summed E-state index contributed by atoms with van der Waals surface area (Å²) in [7, 11) is 3.93. The van der Waals surface area contributed by atoms with Gasteiger partial charge in [-0.25, -0.2) is 0 Å². The van der Waals surface area contributed by atoms with Crippen LogP contribution < -0.4 is 10.1 Å². The number of benzene rings is 1. The molecule has 0 aromatic heterocycles. The summed E-state index contributed by atoms with van der Waals surface area (Å²) in [6.07, 6.45) is 0. The summed E-state index contributed by atoms with van der Waals surface area (Å²) in [4.78, 5) is 2.37. The van der Waals surface area contributed by atoms with Gasteiger partial charge in [-0.15, -0.1) is 0 Å². The van der Waals surface area contributed by atoms with Gasteiger partial charge in [0.25, 0.3) is 0 Å². The minimum atomic E-state index is 0.168. The van der Waals surface area contributed by atoms with Crippen molar-refractivity contribution in [3.63, 3.8) is 0 Å². The van der Waals surface area contributed by atoms with Gasteiger partial charge in [-0.1, -0.05) is 26.8 Å². The number of nitrogens with one attached hydrogen (secondary N) is 1. The van der Waals surface area contributed by atoms with Gasteiger partial charge in [0.1, 0.15) is 5.75 Å². The highest BCUT2D eigenvalue weighted by Gasteiger charge is 2.23. The molecule has 1 unspecified atom stereocenters. The van der Waals surface area contributed by atoms with Crippen molar-refractivity contribution in [3.05, 3.63) is 29.3 Å². The van der Waals surface area contributed by atoms with Crippen molar-refractivity contribution in [2.75, 3.05) is 33.8 Å². The van der Waals surface area contributed by atoms with Gasteiger partial charge >= 0.3 is 0 Å². The van der Waals surface area contributed by atoms with Gasteiger partial charge in [0.05, 0.1) is 7.11 Å². The molecule has 0 bridgehead atoms. The Morgan fingerprint density at radius 2 is 2.05 bits per heavy atom. The van der Waals surface area contributed by atoms with Gasteiger partial charge in [0, 0.05) is 31.2 Å². The van der Waals surface area contributed by atoms with Crippen LogP contribution >= 0.6 is 0 Å². The molecule has 0 spiro atoms. The lowest BCUT2D eigenvalue weighted by Crippen LogP contribution is -2.43. The van der Waals surface area contributed by atoms with E-state index in [-0.39, 0.29) is 5.41 Å². The SMILES string of the molecule is COc1ccc(C(C)(C)C)cc1C1CN(C)CCN1. The molecular weight excluding hydrogens is 236 g/mol. The molecule has 1 aromatic rings. The second kappa shape index (κ2) is 5.51. The molecule has 0 amide bonds. The summed E-state index contributed by atoms with van der Waals surface area (Å²) < 4.78 is 5.54. The number of hydrogen-bond acceptors (Lipinski definition) is 3. The molecule has 1 aliphatic heterocycles. The van der Waals surface area contributed by atoms with Crippen LogP contribution in [0.3, 0.4) is 0 Å². The molecule has 1 aromatic carbocycles. The zero-order valence-electron chi connectivity index (χ0n) is 12.8. The Bertz CT molecular complexity index is 437. The number of piperazine rings is 1. The number of ether oxygens (including phenoxy) is 1. The molecule has 3 nitrogen and oxygen atoms in total. The summed E-state index contributed by atoms with van der Waals surface area (Å²) >= 11 is 0. The van der Waals surface area contributed by atoms with Gasteiger partial charge < -0.3 is 15.0 Å². The van der Waals surface area contributed by atoms with Crippen molar-refractivity contribution in [1.29, 1.82) is 0 Å². The third-order valence-corrected chi connectivity index (χ3v) is 3.85. The van der Waals surface area contributed by atoms with Crippen LogP contribution in [-0.4, -0.2) is 38.7 Å². The minimum absolute atomic E-state index is 0.168. The molecule has 0 radical (unpaired) electrons. The molecule has 1 fully saturated rings. The summed E-state index contributed by atoms with van der Waals surface area (Å²) in [5.74, 6) is 0.987. The maximum Gasteiger partial charge on any atom is 0.123 e. The molecule has 1 aliphatic rings. The highest BCUT2D eigenvalue weighted by Crippen LogP contribution is 2.32. The van der Waals surface area contributed by atoms with Crippen molar-refractivity contribution >= 4 is 0 Å². The average molecular weight is 262 g/mol. The second-order valence-electron chi connectivity index (χ2n) is 6.48. The van der Waals surface area contributed by atoms with Crippen molar-refractivity contribution in [2.24, 2.45) is 0 Å². The number of likely N-dealkylation sites (N-methyl/N-ethyl adjacent to an activating group) is 1. The highest BCUT2D eigenvalue weighted by molar-refractivity contribution is 5.42. The summed E-state index contributed by atoms with van der Waals surface area (Å²) in [6.45, 7) is 9.92. The number of methoxy groups -OCH3 is 1. The topological polar surface area (TPSA) is 24.5 Å². The fourth-order valence-corrected chi connectivity index (χ4v) is 2.58. The summed E-state index contributed by atoms with van der Waals surface area (Å²) in [5.41, 5.74) is 2.81. The molecule has 1 atom stereocenters. The van der Waals surface area contributed by atoms with E-state index in [2.05, 4.69) is 56.2 Å². The van der Waals surface area contributed by atoms with Gasteiger partial charge in [0.2, 0.25) is 0 Å². The molecule has 1 heterocycles. The molecular formula is C16H26N2O. The number of hydrogen-bond donors (Lipinski definition) is 1. The standard InChI is InChI=1S/C16H26N2O/c1-16(2,3)12-6-7-15(19-5)13(10-12)14-11-18(4)9-8-17-14/h6-7,10,14,17H,8-9,11H2,1-5H3. The Kier molecular flexibility index (Phi) is 4.16. The summed E-state index contributed by atoms with van der Waals surface area (Å²) in [5, 5.41) is 3.60. The van der Waals surface area contributed by atoms with Crippen LogP contribution in [0.5, 0.6) is 5.75 Å². The van der Waals surface area contributed by atoms with E-state index in [1.165, 1.54) is 11.1 Å². The summed E-state index contributed by atoms with van der Waals surface area (Å²) in [6, 6.07) is 6.94. The maximum atomic E-state index is 5.54. The Morgan fingerprint density at radius 1 is 1.32 bits per heavy atom. The lowest BCUT2D eigenvalue weighted by Gasteiger charge is -2.32. The molecule has 106 valence electrons. The first-order valence-electron chi connectivity index (χ1n) is 7.02. The van der Waals surface area contributed by atoms with E-state index >= 15 is 0 Å². The predicted octanol–water partition coefficient (Wildman–Crippen LogP) is 2.57. The zero-order valence-corrected chi connectivity index (χ0v) is 12.8. The third kappa shape index (κ3) is 3.28. The largest absolute Gasteiger partial charge is 0.496 e. The number of nitrogens with zero attached hydrogens (tertiary/aromatic N) is 1. The monoisotopic (exact) mass is 262 g/mol. The fourth-order valence-electron chi connectivity index (χ4n) is 2.58. The van der Waals surface area contributed by atoms with E-state index in [1.807, 2.05) is 0 Å². The van der Waals surface area contributed by atoms with E-state index in [4.69, 9.17) is 4.74 Å². The van der Waals surface area contributed by atoms with E-state index in [9.17, 15) is 0 Å². The minimum Gasteiger partial charge on any atom is -0.496 e. The van der Waals surface area contributed by atoms with Crippen molar-refractivity contribution in [2.45, 2.75) is 32.2 Å². The van der Waals surface area contributed by atoms with E-state index in [1.54, 1.807) is 7.11 Å². The highest BCUT2D eigenvalue weighted by atomic mass is 16.5. The lowest BCUT2D eigenvalue weighted by molar-refractivity contribution is 0.237. The molecule has 3 heteroatoms. The van der Waals surface area contributed by atoms with Crippen LogP contribution in [0.25, 0.3) is 0 Å². The van der Waals surface area contributed by atoms with Crippen molar-refractivity contribution < 1.29 is 4.74 Å². The van der Waals surface area contributed by atoms with E-state index in [0.29, 0.717) is 6.04 Å². The van der Waals surface area contributed by atoms with E-state index in [0.717, 1.165) is 25.4 Å². The molecule has 19 heavy (non-hydrogen) atoms. The third-order valence-electron chi connectivity index (χ3n) is 3.85. The number of rotatable bonds is 2. The van der Waals surface area contributed by atoms with Gasteiger partial charge in [-0.3, -0.25) is 0 Å². The first-order chi connectivity index (χ1) is 8.91. The Hall–Kier alpha value is -1.06. The molecule has 1 saturated heterocycles. The van der Waals surface area contributed by atoms with Crippen LogP contribution in [0.2, 0.25) is 0 Å². The molecule has 2 rings (SSSR count). The Labute approximate surface area is 116 Å². The average Bonchev–Trinajstić information content (AvgIpc) is 2.37. The molecule has 0 saturated carbocycles. The first-order valence-corrected chi connectivity index (χ1v) is 7.02. The van der Waals surface area contributed by atoms with Crippen LogP contribution in [-0.2, 0) is 5.41 Å². The predicted molar refractivity (Wildman–Crippen MR) is 79.9 cm³/mol. The maximum absolute atomic E-state index is 5.54. The van der Waals surface area contributed by atoms with Crippen molar-refractivity contribution in [1.82, 2.24) is 10.2 Å². The quantitative estimate of drug-likeness (QED) is 0.886. The molecule has 0 aliphatic carbocycles. The van der Waals surface area contributed by atoms with Crippen molar-refractivity contribution in [3.8, 4) is 5.75 Å². The fraction of sp³-hybridized carbons (Fsp3) is 0.625.